The molecule has 0 spiro atoms. The average molecular weight is 252 g/mol. The van der Waals surface area contributed by atoms with Crippen LogP contribution >= 0.6 is 0 Å². The third-order valence-electron chi connectivity index (χ3n) is 2.12. The summed E-state index contributed by atoms with van der Waals surface area (Å²) < 4.78 is 31.0. The molecule has 7 heteroatoms. The molecule has 0 amide bonds. The van der Waals surface area contributed by atoms with Gasteiger partial charge in [-0.1, -0.05) is 0 Å². The van der Waals surface area contributed by atoms with Gasteiger partial charge in [-0.3, -0.25) is 0 Å². The molecule has 1 aromatic carbocycles. The van der Waals surface area contributed by atoms with Crippen molar-refractivity contribution in [3.8, 4) is 5.88 Å². The molecule has 5 nitrogen and oxygen atoms in total. The van der Waals surface area contributed by atoms with E-state index in [0.717, 1.165) is 12.1 Å². The lowest BCUT2D eigenvalue weighted by molar-refractivity contribution is 0.398. The largest absolute Gasteiger partial charge is 0.481 e. The van der Waals surface area contributed by atoms with E-state index in [1.165, 1.54) is 19.2 Å². The molecule has 1 heterocycles. The van der Waals surface area contributed by atoms with Gasteiger partial charge in [-0.2, -0.15) is 9.97 Å². The fourth-order valence-corrected chi connectivity index (χ4v) is 1.34. The first-order valence-electron chi connectivity index (χ1n) is 4.99. The number of benzene rings is 1. The Kier molecular flexibility index (Phi) is 3.22. The summed E-state index contributed by atoms with van der Waals surface area (Å²) in [7, 11) is 1.42. The molecule has 0 atom stereocenters. The first-order valence-corrected chi connectivity index (χ1v) is 4.99. The van der Waals surface area contributed by atoms with E-state index in [-0.39, 0.29) is 23.3 Å². The van der Waals surface area contributed by atoms with Gasteiger partial charge in [0.2, 0.25) is 11.8 Å². The van der Waals surface area contributed by atoms with E-state index in [1.807, 2.05) is 0 Å². The molecule has 1 aromatic heterocycles. The summed E-state index contributed by atoms with van der Waals surface area (Å²) in [4.78, 5) is 7.64. The highest BCUT2D eigenvalue weighted by atomic mass is 19.1. The van der Waals surface area contributed by atoms with Crippen LogP contribution in [0.15, 0.2) is 24.3 Å². The van der Waals surface area contributed by atoms with Crippen LogP contribution in [-0.2, 0) is 0 Å². The molecule has 94 valence electrons. The Morgan fingerprint density at radius 1 is 1.22 bits per heavy atom. The molecule has 3 N–H and O–H groups in total. The molecule has 0 bridgehead atoms. The van der Waals surface area contributed by atoms with Gasteiger partial charge in [-0.25, -0.2) is 8.78 Å². The number of anilines is 3. The second-order valence-corrected chi connectivity index (χ2v) is 3.40. The second kappa shape index (κ2) is 4.82. The molecule has 18 heavy (non-hydrogen) atoms. The molecule has 0 saturated carbocycles. The molecule has 0 radical (unpaired) electrons. The SMILES string of the molecule is COc1cc(Nc2ccc(F)cc2F)nc(N)n1. The lowest BCUT2D eigenvalue weighted by atomic mass is 10.3. The number of nitrogens with zero attached hydrogens (tertiary/aromatic N) is 2. The number of hydrogen-bond donors (Lipinski definition) is 2. The minimum atomic E-state index is -0.730. The standard InChI is InChI=1S/C11H10F2N4O/c1-18-10-5-9(16-11(14)17-10)15-8-3-2-6(12)4-7(8)13/h2-5H,1H3,(H3,14,15,16,17). The smallest absolute Gasteiger partial charge is 0.225 e. The molecule has 0 aliphatic rings. The molecule has 0 unspecified atom stereocenters. The Morgan fingerprint density at radius 3 is 2.67 bits per heavy atom. The van der Waals surface area contributed by atoms with E-state index in [9.17, 15) is 8.78 Å². The van der Waals surface area contributed by atoms with Crippen molar-refractivity contribution in [2.24, 2.45) is 0 Å². The highest BCUT2D eigenvalue weighted by Crippen LogP contribution is 2.22. The van der Waals surface area contributed by atoms with Gasteiger partial charge in [0, 0.05) is 12.1 Å². The van der Waals surface area contributed by atoms with Crippen molar-refractivity contribution in [2.45, 2.75) is 0 Å². The van der Waals surface area contributed by atoms with Crippen LogP contribution < -0.4 is 15.8 Å². The van der Waals surface area contributed by atoms with Crippen molar-refractivity contribution >= 4 is 17.5 Å². The van der Waals surface area contributed by atoms with Gasteiger partial charge in [0.25, 0.3) is 0 Å². The van der Waals surface area contributed by atoms with E-state index >= 15 is 0 Å². The maximum atomic E-state index is 13.4. The Hall–Kier alpha value is -2.44. The van der Waals surface area contributed by atoms with Crippen LogP contribution in [0, 0.1) is 11.6 Å². The fourth-order valence-electron chi connectivity index (χ4n) is 1.34. The van der Waals surface area contributed by atoms with Gasteiger partial charge in [-0.05, 0) is 12.1 Å². The lowest BCUT2D eigenvalue weighted by Gasteiger charge is -2.08. The second-order valence-electron chi connectivity index (χ2n) is 3.40. The molecule has 0 aliphatic heterocycles. The monoisotopic (exact) mass is 252 g/mol. The maximum absolute atomic E-state index is 13.4. The topological polar surface area (TPSA) is 73.1 Å². The zero-order chi connectivity index (χ0) is 13.1. The highest BCUT2D eigenvalue weighted by molar-refractivity contribution is 5.58. The third kappa shape index (κ3) is 2.62. The van der Waals surface area contributed by atoms with Crippen LogP contribution in [0.2, 0.25) is 0 Å². The number of halogens is 2. The van der Waals surface area contributed by atoms with Gasteiger partial charge in [-0.15, -0.1) is 0 Å². The maximum Gasteiger partial charge on any atom is 0.225 e. The molecule has 2 aromatic rings. The molecule has 0 saturated heterocycles. The fraction of sp³-hybridized carbons (Fsp3) is 0.0909. The first kappa shape index (κ1) is 12.0. The van der Waals surface area contributed by atoms with Crippen LogP contribution in [0.4, 0.5) is 26.2 Å². The highest BCUT2D eigenvalue weighted by Gasteiger charge is 2.07. The van der Waals surface area contributed by atoms with E-state index < -0.39 is 11.6 Å². The van der Waals surface area contributed by atoms with Gasteiger partial charge in [0.05, 0.1) is 12.8 Å². The molecular weight excluding hydrogens is 242 g/mol. The average Bonchev–Trinajstić information content (AvgIpc) is 2.32. The number of nitrogens with one attached hydrogen (secondary N) is 1. The first-order chi connectivity index (χ1) is 8.58. The summed E-state index contributed by atoms with van der Waals surface area (Å²) in [5.41, 5.74) is 5.53. The quantitative estimate of drug-likeness (QED) is 0.875. The summed E-state index contributed by atoms with van der Waals surface area (Å²) in [5.74, 6) is -0.902. The Morgan fingerprint density at radius 2 is 2.00 bits per heavy atom. The number of hydrogen-bond acceptors (Lipinski definition) is 5. The molecular formula is C11H10F2N4O. The zero-order valence-electron chi connectivity index (χ0n) is 9.45. The number of nitrogen functional groups attached to an aromatic ring is 1. The Bertz CT molecular complexity index is 577. The minimum Gasteiger partial charge on any atom is -0.481 e. The van der Waals surface area contributed by atoms with Gasteiger partial charge >= 0.3 is 0 Å². The Balaban J connectivity index is 2.30. The van der Waals surface area contributed by atoms with Crippen molar-refractivity contribution in [1.82, 2.24) is 9.97 Å². The van der Waals surface area contributed by atoms with Crippen LogP contribution in [0.1, 0.15) is 0 Å². The molecule has 0 fully saturated rings. The van der Waals surface area contributed by atoms with Gasteiger partial charge in [0.1, 0.15) is 17.5 Å². The minimum absolute atomic E-state index is 0.0145. The number of methoxy groups -OCH3 is 1. The van der Waals surface area contributed by atoms with Crippen LogP contribution in [0.5, 0.6) is 5.88 Å². The number of rotatable bonds is 3. The van der Waals surface area contributed by atoms with Crippen molar-refractivity contribution in [1.29, 1.82) is 0 Å². The summed E-state index contributed by atoms with van der Waals surface area (Å²) >= 11 is 0. The Labute approximate surface area is 102 Å². The van der Waals surface area contributed by atoms with Crippen molar-refractivity contribution in [3.63, 3.8) is 0 Å². The van der Waals surface area contributed by atoms with Crippen LogP contribution in [-0.4, -0.2) is 17.1 Å². The summed E-state index contributed by atoms with van der Waals surface area (Å²) in [6.45, 7) is 0. The summed E-state index contributed by atoms with van der Waals surface area (Å²) in [5, 5.41) is 2.66. The van der Waals surface area contributed by atoms with Crippen molar-refractivity contribution in [2.75, 3.05) is 18.2 Å². The van der Waals surface area contributed by atoms with Crippen LogP contribution in [0.3, 0.4) is 0 Å². The van der Waals surface area contributed by atoms with Gasteiger partial charge in [0.15, 0.2) is 0 Å². The van der Waals surface area contributed by atoms with E-state index in [0.29, 0.717) is 0 Å². The lowest BCUT2D eigenvalue weighted by Crippen LogP contribution is -2.02. The number of ether oxygens (including phenoxy) is 1. The molecule has 2 rings (SSSR count). The predicted octanol–water partition coefficient (Wildman–Crippen LogP) is 2.09. The third-order valence-corrected chi connectivity index (χ3v) is 2.12. The van der Waals surface area contributed by atoms with Gasteiger partial charge < -0.3 is 15.8 Å². The van der Waals surface area contributed by atoms with E-state index in [4.69, 9.17) is 10.5 Å². The predicted molar refractivity (Wildman–Crippen MR) is 62.6 cm³/mol. The normalized spacial score (nSPS) is 10.2. The summed E-state index contributed by atoms with van der Waals surface area (Å²) in [6.07, 6.45) is 0. The van der Waals surface area contributed by atoms with Crippen molar-refractivity contribution < 1.29 is 13.5 Å². The van der Waals surface area contributed by atoms with Crippen molar-refractivity contribution in [3.05, 3.63) is 35.9 Å². The van der Waals surface area contributed by atoms with E-state index in [2.05, 4.69) is 15.3 Å². The molecule has 0 aliphatic carbocycles. The number of nitrogens with two attached hydrogens (primary N) is 1. The summed E-state index contributed by atoms with van der Waals surface area (Å²) in [6, 6.07) is 4.60. The van der Waals surface area contributed by atoms with E-state index in [1.54, 1.807) is 0 Å². The zero-order valence-corrected chi connectivity index (χ0v) is 9.45. The number of aromatic nitrogens is 2. The van der Waals surface area contributed by atoms with Crippen LogP contribution in [0.25, 0.3) is 0 Å².